The highest BCUT2D eigenvalue weighted by Gasteiger charge is 2.20. The molecule has 0 aliphatic carbocycles. The number of rotatable bonds is 5. The Hall–Kier alpha value is -0.540. The molecule has 2 atom stereocenters. The van der Waals surface area contributed by atoms with Crippen molar-refractivity contribution in [2.24, 2.45) is 11.8 Å². The molecule has 1 aliphatic rings. The normalized spacial score (nSPS) is 24.4. The number of hydrogen-bond donors (Lipinski definition) is 0. The lowest BCUT2D eigenvalue weighted by molar-refractivity contribution is 0.132. The molecular formula is C16H24BrNO. The van der Waals surface area contributed by atoms with Crippen molar-refractivity contribution in [2.75, 3.05) is 26.2 Å². The summed E-state index contributed by atoms with van der Waals surface area (Å²) in [4.78, 5) is 2.59. The summed E-state index contributed by atoms with van der Waals surface area (Å²) in [5.74, 6) is 2.65. The molecule has 0 aromatic heterocycles. The Labute approximate surface area is 125 Å². The molecule has 1 fully saturated rings. The molecule has 0 N–H and O–H groups in total. The van der Waals surface area contributed by atoms with Gasteiger partial charge in [-0.1, -0.05) is 29.8 Å². The first-order chi connectivity index (χ1) is 9.13. The van der Waals surface area contributed by atoms with Gasteiger partial charge in [-0.2, -0.15) is 0 Å². The number of piperidine rings is 1. The van der Waals surface area contributed by atoms with Crippen LogP contribution < -0.4 is 4.74 Å². The monoisotopic (exact) mass is 325 g/mol. The summed E-state index contributed by atoms with van der Waals surface area (Å²) in [6, 6.07) is 8.05. The van der Waals surface area contributed by atoms with Crippen molar-refractivity contribution in [1.82, 2.24) is 4.90 Å². The van der Waals surface area contributed by atoms with Crippen LogP contribution in [0.2, 0.25) is 0 Å². The number of ether oxygens (including phenoxy) is 1. The van der Waals surface area contributed by atoms with Crippen molar-refractivity contribution in [1.29, 1.82) is 0 Å². The topological polar surface area (TPSA) is 12.5 Å². The number of benzene rings is 1. The van der Waals surface area contributed by atoms with Gasteiger partial charge in [0.2, 0.25) is 0 Å². The molecule has 2 rings (SSSR count). The van der Waals surface area contributed by atoms with Crippen LogP contribution in [0.15, 0.2) is 28.7 Å². The van der Waals surface area contributed by atoms with Crippen molar-refractivity contribution < 1.29 is 4.74 Å². The van der Waals surface area contributed by atoms with Crippen molar-refractivity contribution in [2.45, 2.75) is 26.7 Å². The number of likely N-dealkylation sites (tertiary alicyclic amines) is 1. The van der Waals surface area contributed by atoms with Gasteiger partial charge >= 0.3 is 0 Å². The minimum atomic E-state index is 0.806. The summed E-state index contributed by atoms with van der Waals surface area (Å²) in [7, 11) is 0. The van der Waals surface area contributed by atoms with Crippen LogP contribution in [-0.2, 0) is 0 Å². The Balaban J connectivity index is 1.65. The molecule has 0 bridgehead atoms. The third-order valence-electron chi connectivity index (χ3n) is 3.65. The standard InChI is InChI=1S/C16H24BrNO/c1-13-10-14(2)12-18(11-13)8-3-9-19-16-6-4-15(17)5-7-16/h4-7,13-14H,3,8-12H2,1-2H3. The van der Waals surface area contributed by atoms with Crippen LogP contribution in [0.4, 0.5) is 0 Å². The van der Waals surface area contributed by atoms with Crippen molar-refractivity contribution in [3.8, 4) is 5.75 Å². The first kappa shape index (κ1) is 14.9. The predicted molar refractivity (Wildman–Crippen MR) is 83.6 cm³/mol. The molecule has 0 saturated carbocycles. The van der Waals surface area contributed by atoms with E-state index in [1.807, 2.05) is 24.3 Å². The Morgan fingerprint density at radius 3 is 2.42 bits per heavy atom. The van der Waals surface area contributed by atoms with Gasteiger partial charge in [0.1, 0.15) is 5.75 Å². The van der Waals surface area contributed by atoms with Gasteiger partial charge in [0.25, 0.3) is 0 Å². The maximum atomic E-state index is 5.76. The SMILES string of the molecule is CC1CC(C)CN(CCCOc2ccc(Br)cc2)C1. The van der Waals surface area contributed by atoms with Crippen LogP contribution >= 0.6 is 15.9 Å². The van der Waals surface area contributed by atoms with Gasteiger partial charge in [-0.05, 0) is 48.9 Å². The molecular weight excluding hydrogens is 302 g/mol. The van der Waals surface area contributed by atoms with Crippen LogP contribution in [0.3, 0.4) is 0 Å². The van der Waals surface area contributed by atoms with Gasteiger partial charge in [-0.25, -0.2) is 0 Å². The lowest BCUT2D eigenvalue weighted by Gasteiger charge is -2.34. The lowest BCUT2D eigenvalue weighted by Crippen LogP contribution is -2.39. The zero-order chi connectivity index (χ0) is 13.7. The van der Waals surface area contributed by atoms with E-state index in [0.29, 0.717) is 0 Å². The molecule has 1 heterocycles. The van der Waals surface area contributed by atoms with Crippen LogP contribution in [0.5, 0.6) is 5.75 Å². The minimum absolute atomic E-state index is 0.806. The summed E-state index contributed by atoms with van der Waals surface area (Å²) in [6.45, 7) is 9.19. The van der Waals surface area contributed by atoms with E-state index in [-0.39, 0.29) is 0 Å². The summed E-state index contributed by atoms with van der Waals surface area (Å²) in [6.07, 6.45) is 2.49. The fourth-order valence-electron chi connectivity index (χ4n) is 2.98. The van der Waals surface area contributed by atoms with E-state index in [1.54, 1.807) is 0 Å². The maximum Gasteiger partial charge on any atom is 0.119 e. The second kappa shape index (κ2) is 7.30. The zero-order valence-electron chi connectivity index (χ0n) is 11.9. The third kappa shape index (κ3) is 5.15. The highest BCUT2D eigenvalue weighted by Crippen LogP contribution is 2.21. The molecule has 19 heavy (non-hydrogen) atoms. The van der Waals surface area contributed by atoms with Crippen LogP contribution in [0.1, 0.15) is 26.7 Å². The minimum Gasteiger partial charge on any atom is -0.494 e. The first-order valence-electron chi connectivity index (χ1n) is 7.24. The highest BCUT2D eigenvalue weighted by atomic mass is 79.9. The highest BCUT2D eigenvalue weighted by molar-refractivity contribution is 9.10. The van der Waals surface area contributed by atoms with Crippen molar-refractivity contribution in [3.63, 3.8) is 0 Å². The molecule has 0 radical (unpaired) electrons. The van der Waals surface area contributed by atoms with E-state index < -0.39 is 0 Å². The Morgan fingerprint density at radius 2 is 1.79 bits per heavy atom. The summed E-state index contributed by atoms with van der Waals surface area (Å²) >= 11 is 3.43. The van der Waals surface area contributed by atoms with E-state index in [4.69, 9.17) is 4.74 Å². The van der Waals surface area contributed by atoms with Crippen molar-refractivity contribution in [3.05, 3.63) is 28.7 Å². The molecule has 1 aliphatic heterocycles. The Morgan fingerprint density at radius 1 is 1.16 bits per heavy atom. The quantitative estimate of drug-likeness (QED) is 0.752. The van der Waals surface area contributed by atoms with Gasteiger partial charge in [0, 0.05) is 24.1 Å². The van der Waals surface area contributed by atoms with E-state index in [1.165, 1.54) is 19.5 Å². The second-order valence-electron chi connectivity index (χ2n) is 5.86. The molecule has 1 aromatic carbocycles. The van der Waals surface area contributed by atoms with Crippen LogP contribution in [0.25, 0.3) is 0 Å². The number of hydrogen-bond acceptors (Lipinski definition) is 2. The molecule has 1 saturated heterocycles. The van der Waals surface area contributed by atoms with E-state index in [2.05, 4.69) is 34.7 Å². The van der Waals surface area contributed by atoms with Gasteiger partial charge < -0.3 is 9.64 Å². The first-order valence-corrected chi connectivity index (χ1v) is 8.03. The van der Waals surface area contributed by atoms with E-state index >= 15 is 0 Å². The molecule has 1 aromatic rings. The Bertz CT molecular complexity index is 369. The lowest BCUT2D eigenvalue weighted by atomic mass is 9.92. The Kier molecular flexibility index (Phi) is 5.71. The third-order valence-corrected chi connectivity index (χ3v) is 4.17. The predicted octanol–water partition coefficient (Wildman–Crippen LogP) is 4.20. The fourth-order valence-corrected chi connectivity index (χ4v) is 3.25. The summed E-state index contributed by atoms with van der Waals surface area (Å²) in [5.41, 5.74) is 0. The van der Waals surface area contributed by atoms with Gasteiger partial charge in [0.15, 0.2) is 0 Å². The van der Waals surface area contributed by atoms with Gasteiger partial charge in [-0.3, -0.25) is 0 Å². The van der Waals surface area contributed by atoms with Crippen molar-refractivity contribution >= 4 is 15.9 Å². The molecule has 0 amide bonds. The molecule has 0 spiro atoms. The maximum absolute atomic E-state index is 5.76. The second-order valence-corrected chi connectivity index (χ2v) is 6.78. The zero-order valence-corrected chi connectivity index (χ0v) is 13.5. The molecule has 2 unspecified atom stereocenters. The smallest absolute Gasteiger partial charge is 0.119 e. The van der Waals surface area contributed by atoms with Crippen LogP contribution in [-0.4, -0.2) is 31.1 Å². The molecule has 106 valence electrons. The average Bonchev–Trinajstić information content (AvgIpc) is 2.36. The largest absolute Gasteiger partial charge is 0.494 e. The molecule has 3 heteroatoms. The van der Waals surface area contributed by atoms with Gasteiger partial charge in [0.05, 0.1) is 6.61 Å². The van der Waals surface area contributed by atoms with Crippen LogP contribution in [0, 0.1) is 11.8 Å². The van der Waals surface area contributed by atoms with E-state index in [0.717, 1.165) is 41.6 Å². The van der Waals surface area contributed by atoms with Gasteiger partial charge in [-0.15, -0.1) is 0 Å². The summed E-state index contributed by atoms with van der Waals surface area (Å²) < 4.78 is 6.85. The summed E-state index contributed by atoms with van der Waals surface area (Å²) in [5, 5.41) is 0. The number of nitrogens with zero attached hydrogens (tertiary/aromatic N) is 1. The molecule has 2 nitrogen and oxygen atoms in total. The van der Waals surface area contributed by atoms with E-state index in [9.17, 15) is 0 Å². The fraction of sp³-hybridized carbons (Fsp3) is 0.625. The number of halogens is 1. The average molecular weight is 326 g/mol.